The van der Waals surface area contributed by atoms with Gasteiger partial charge in [-0.25, -0.2) is 0 Å². The standard InChI is InChI=1S/C67H128O6/c1-2-3-4-5-6-7-8-9-10-11-12-13-14-15-16-17-18-19-20-21-22-23-24-25-26-27-28-29-30-31-32-33-34-35-36-37-38-39-40-41-42-43-44-45-46-47-48-49-50-51-52-53-54-55-56-57-58-64-59-65(70)72-62-67(60-68,61-69)63-73-66(64)71/h30-31,64,68-69H,2-29,32-63H2,1H3/b31-30+. The fraction of sp³-hybridized carbons (Fsp3) is 0.940. The van der Waals surface area contributed by atoms with E-state index in [1.807, 2.05) is 0 Å². The minimum absolute atomic E-state index is 0.00451. The molecule has 1 unspecified atom stereocenters. The normalized spacial score (nSPS) is 15.2. The summed E-state index contributed by atoms with van der Waals surface area (Å²) in [6, 6.07) is 0. The van der Waals surface area contributed by atoms with E-state index in [0.717, 1.165) is 19.3 Å². The van der Waals surface area contributed by atoms with Crippen LogP contribution in [0.5, 0.6) is 0 Å². The molecule has 0 aromatic rings. The predicted molar refractivity (Wildman–Crippen MR) is 315 cm³/mol. The van der Waals surface area contributed by atoms with E-state index in [1.54, 1.807) is 0 Å². The first-order valence-corrected chi connectivity index (χ1v) is 33.3. The van der Waals surface area contributed by atoms with Crippen molar-refractivity contribution in [2.75, 3.05) is 26.4 Å². The lowest BCUT2D eigenvalue weighted by Crippen LogP contribution is -2.40. The van der Waals surface area contributed by atoms with Gasteiger partial charge in [0.25, 0.3) is 0 Å². The van der Waals surface area contributed by atoms with Crippen LogP contribution in [0.3, 0.4) is 0 Å². The van der Waals surface area contributed by atoms with Gasteiger partial charge in [-0.15, -0.1) is 0 Å². The van der Waals surface area contributed by atoms with Crippen molar-refractivity contribution in [2.45, 2.75) is 366 Å². The summed E-state index contributed by atoms with van der Waals surface area (Å²) < 4.78 is 10.6. The average molecular weight is 1030 g/mol. The van der Waals surface area contributed by atoms with Crippen molar-refractivity contribution in [1.82, 2.24) is 0 Å². The van der Waals surface area contributed by atoms with Crippen LogP contribution in [0.4, 0.5) is 0 Å². The minimum atomic E-state index is -1.12. The topological polar surface area (TPSA) is 93.1 Å². The summed E-state index contributed by atoms with van der Waals surface area (Å²) in [7, 11) is 0. The Balaban J connectivity index is 1.68. The molecule has 0 aromatic carbocycles. The third-order valence-corrected chi connectivity index (χ3v) is 16.5. The Hall–Kier alpha value is -1.40. The molecule has 0 spiro atoms. The SMILES string of the molecule is CCCCCCCCCCCCCCCCCCCCCCCCCCCCC/C=C/CCCCCCCCCCCCCCCCCCCCCCCCCCCC1CC(=O)OCC(CO)(CO)COC1=O. The number of rotatable bonds is 58. The van der Waals surface area contributed by atoms with E-state index in [-0.39, 0.29) is 19.6 Å². The minimum Gasteiger partial charge on any atom is -0.465 e. The van der Waals surface area contributed by atoms with Crippen molar-refractivity contribution in [3.8, 4) is 0 Å². The van der Waals surface area contributed by atoms with E-state index < -0.39 is 36.5 Å². The van der Waals surface area contributed by atoms with Crippen LogP contribution in [0.25, 0.3) is 0 Å². The zero-order valence-electron chi connectivity index (χ0n) is 49.2. The van der Waals surface area contributed by atoms with Gasteiger partial charge in [-0.2, -0.15) is 0 Å². The molecule has 2 N–H and O–H groups in total. The van der Waals surface area contributed by atoms with Crippen LogP contribution >= 0.6 is 0 Å². The van der Waals surface area contributed by atoms with E-state index in [1.165, 1.54) is 327 Å². The number of carbonyl (C=O) groups is 2. The molecule has 0 aliphatic carbocycles. The van der Waals surface area contributed by atoms with Crippen LogP contribution in [0.2, 0.25) is 0 Å². The lowest BCUT2D eigenvalue weighted by atomic mass is 9.92. The first-order valence-electron chi connectivity index (χ1n) is 33.3. The fourth-order valence-corrected chi connectivity index (χ4v) is 11.1. The first kappa shape index (κ1) is 69.6. The van der Waals surface area contributed by atoms with Gasteiger partial charge in [-0.3, -0.25) is 9.59 Å². The van der Waals surface area contributed by atoms with Gasteiger partial charge in [-0.05, 0) is 32.1 Å². The lowest BCUT2D eigenvalue weighted by molar-refractivity contribution is -0.155. The maximum atomic E-state index is 12.5. The van der Waals surface area contributed by atoms with E-state index in [0.29, 0.717) is 6.42 Å². The predicted octanol–water partition coefficient (Wildman–Crippen LogP) is 21.1. The summed E-state index contributed by atoms with van der Waals surface area (Å²) in [5.41, 5.74) is -1.12. The third kappa shape index (κ3) is 48.7. The van der Waals surface area contributed by atoms with Crippen LogP contribution < -0.4 is 0 Å². The van der Waals surface area contributed by atoms with Crippen molar-refractivity contribution < 1.29 is 29.3 Å². The smallest absolute Gasteiger partial charge is 0.309 e. The fourth-order valence-electron chi connectivity index (χ4n) is 11.1. The maximum absolute atomic E-state index is 12.5. The summed E-state index contributed by atoms with van der Waals surface area (Å²) in [5.74, 6) is -1.40. The molecule has 432 valence electrons. The van der Waals surface area contributed by atoms with Gasteiger partial charge < -0.3 is 19.7 Å². The van der Waals surface area contributed by atoms with Crippen molar-refractivity contribution in [3.05, 3.63) is 12.2 Å². The number of unbranched alkanes of at least 4 members (excludes halogenated alkanes) is 52. The molecule has 0 aromatic heterocycles. The molecule has 1 aliphatic rings. The molecular formula is C67H128O6. The molecule has 6 heteroatoms. The van der Waals surface area contributed by atoms with E-state index in [2.05, 4.69) is 19.1 Å². The van der Waals surface area contributed by atoms with Crippen molar-refractivity contribution >= 4 is 11.9 Å². The molecule has 0 bridgehead atoms. The van der Waals surface area contributed by atoms with Crippen LogP contribution in [0, 0.1) is 11.3 Å². The summed E-state index contributed by atoms with van der Waals surface area (Å²) in [6.45, 7) is 1.21. The van der Waals surface area contributed by atoms with Gasteiger partial charge >= 0.3 is 11.9 Å². The molecule has 1 atom stereocenters. The number of carbonyl (C=O) groups excluding carboxylic acids is 2. The highest BCUT2D eigenvalue weighted by molar-refractivity contribution is 5.80. The second kappa shape index (κ2) is 56.8. The van der Waals surface area contributed by atoms with Crippen molar-refractivity contribution in [2.24, 2.45) is 11.3 Å². The zero-order valence-corrected chi connectivity index (χ0v) is 49.2. The number of ether oxygens (including phenoxy) is 2. The third-order valence-electron chi connectivity index (χ3n) is 16.5. The molecule has 1 aliphatic heterocycles. The Morgan fingerprint density at radius 1 is 0.356 bits per heavy atom. The van der Waals surface area contributed by atoms with Gasteiger partial charge in [0.15, 0.2) is 0 Å². The number of aliphatic hydroxyl groups is 2. The van der Waals surface area contributed by atoms with E-state index in [4.69, 9.17) is 9.47 Å². The Bertz CT molecular complexity index is 1150. The van der Waals surface area contributed by atoms with E-state index >= 15 is 0 Å². The van der Waals surface area contributed by atoms with Crippen LogP contribution in [-0.2, 0) is 19.1 Å². The Labute approximate surface area is 455 Å². The Morgan fingerprint density at radius 3 is 0.849 bits per heavy atom. The van der Waals surface area contributed by atoms with Crippen molar-refractivity contribution in [3.63, 3.8) is 0 Å². The molecule has 6 nitrogen and oxygen atoms in total. The number of hydrogen-bond donors (Lipinski definition) is 2. The van der Waals surface area contributed by atoms with Gasteiger partial charge in [0, 0.05) is 0 Å². The van der Waals surface area contributed by atoms with Gasteiger partial charge in [0.2, 0.25) is 0 Å². The largest absolute Gasteiger partial charge is 0.465 e. The summed E-state index contributed by atoms with van der Waals surface area (Å²) in [5, 5.41) is 19.2. The van der Waals surface area contributed by atoms with Gasteiger partial charge in [-0.1, -0.05) is 340 Å². The summed E-state index contributed by atoms with van der Waals surface area (Å²) >= 11 is 0. The molecule has 1 saturated heterocycles. The molecular weight excluding hydrogens is 901 g/mol. The zero-order chi connectivity index (χ0) is 52.5. The molecule has 0 saturated carbocycles. The summed E-state index contributed by atoms with van der Waals surface area (Å²) in [4.78, 5) is 24.7. The Morgan fingerprint density at radius 2 is 0.589 bits per heavy atom. The van der Waals surface area contributed by atoms with Crippen LogP contribution in [0.1, 0.15) is 366 Å². The molecule has 0 radical (unpaired) electrons. The number of hydrogen-bond acceptors (Lipinski definition) is 6. The highest BCUT2D eigenvalue weighted by Crippen LogP contribution is 2.25. The van der Waals surface area contributed by atoms with Crippen LogP contribution in [-0.4, -0.2) is 48.6 Å². The number of esters is 2. The summed E-state index contributed by atoms with van der Waals surface area (Å²) in [6.07, 6.45) is 81.6. The highest BCUT2D eigenvalue weighted by atomic mass is 16.6. The second-order valence-corrected chi connectivity index (χ2v) is 23.9. The highest BCUT2D eigenvalue weighted by Gasteiger charge is 2.36. The molecule has 0 amide bonds. The van der Waals surface area contributed by atoms with Crippen molar-refractivity contribution in [1.29, 1.82) is 0 Å². The van der Waals surface area contributed by atoms with Gasteiger partial charge in [0.05, 0.1) is 31.0 Å². The number of aliphatic hydroxyl groups excluding tert-OH is 2. The molecule has 1 rings (SSSR count). The number of allylic oxidation sites excluding steroid dienone is 2. The average Bonchev–Trinajstić information content (AvgIpc) is 3.46. The Kier molecular flexibility index (Phi) is 54.2. The second-order valence-electron chi connectivity index (χ2n) is 23.9. The first-order chi connectivity index (χ1) is 36.1. The number of cyclic esters (lactones) is 2. The molecule has 73 heavy (non-hydrogen) atoms. The molecule has 1 fully saturated rings. The van der Waals surface area contributed by atoms with E-state index in [9.17, 15) is 19.8 Å². The van der Waals surface area contributed by atoms with Crippen LogP contribution in [0.15, 0.2) is 12.2 Å². The monoisotopic (exact) mass is 1030 g/mol. The van der Waals surface area contributed by atoms with Gasteiger partial charge in [0.1, 0.15) is 13.2 Å². The maximum Gasteiger partial charge on any atom is 0.309 e. The lowest BCUT2D eigenvalue weighted by Gasteiger charge is -2.27. The molecule has 1 heterocycles. The quantitative estimate of drug-likeness (QED) is 0.0358.